The van der Waals surface area contributed by atoms with Gasteiger partial charge < -0.3 is 14.2 Å². The van der Waals surface area contributed by atoms with Crippen LogP contribution in [0.5, 0.6) is 17.2 Å². The molecule has 0 unspecified atom stereocenters. The molecule has 0 fully saturated rings. The molecule has 38 heavy (non-hydrogen) atoms. The summed E-state index contributed by atoms with van der Waals surface area (Å²) in [5, 5.41) is 20.0. The molecule has 1 aromatic heterocycles. The first kappa shape index (κ1) is 27.4. The standard InChI is InChI=1S/C26H24BrFN4O5S/c1-16-29-30-26(32(16)20-7-9-21(35-2)10-8-20)38-24(14-31(33)34)18-12-22(27)25(23(13-18)36-3)37-15-17-5-4-6-19(28)11-17/h4-13,24H,14-15H2,1-3H3/t24-/m1/s1. The number of nitro groups is 1. The number of benzene rings is 3. The quantitative estimate of drug-likeness (QED) is 0.114. The minimum absolute atomic E-state index is 0.114. The second-order valence-corrected chi connectivity index (χ2v) is 10.2. The lowest BCUT2D eigenvalue weighted by atomic mass is 10.1. The molecule has 0 spiro atoms. The highest BCUT2D eigenvalue weighted by molar-refractivity contribution is 9.10. The number of aryl methyl sites for hydroxylation is 1. The van der Waals surface area contributed by atoms with Crippen LogP contribution in [-0.2, 0) is 6.61 Å². The number of nitrogens with zero attached hydrogens (tertiary/aromatic N) is 4. The number of methoxy groups -OCH3 is 2. The van der Waals surface area contributed by atoms with Crippen LogP contribution in [-0.4, -0.2) is 40.5 Å². The second kappa shape index (κ2) is 12.3. The van der Waals surface area contributed by atoms with Gasteiger partial charge in [0.15, 0.2) is 16.7 Å². The van der Waals surface area contributed by atoms with Crippen molar-refractivity contribution >= 4 is 27.7 Å². The molecule has 0 bridgehead atoms. The predicted molar refractivity (Wildman–Crippen MR) is 145 cm³/mol. The number of halogens is 2. The van der Waals surface area contributed by atoms with Crippen molar-refractivity contribution < 1.29 is 23.5 Å². The van der Waals surface area contributed by atoms with E-state index in [-0.39, 0.29) is 23.9 Å². The van der Waals surface area contributed by atoms with E-state index >= 15 is 0 Å². The summed E-state index contributed by atoms with van der Waals surface area (Å²) in [5.74, 6) is 1.77. The lowest BCUT2D eigenvalue weighted by Gasteiger charge is -2.18. The molecule has 0 aliphatic carbocycles. The SMILES string of the molecule is COc1ccc(-n2c(C)nnc2S[C@H](C[N+](=O)[O-])c2cc(Br)c(OCc3cccc(F)c3)c(OC)c2)cc1. The normalized spacial score (nSPS) is 11.7. The Morgan fingerprint density at radius 2 is 1.87 bits per heavy atom. The van der Waals surface area contributed by atoms with Gasteiger partial charge in [-0.1, -0.05) is 23.9 Å². The fourth-order valence-electron chi connectivity index (χ4n) is 3.77. The van der Waals surface area contributed by atoms with Gasteiger partial charge in [-0.05, 0) is 82.5 Å². The zero-order valence-corrected chi connectivity index (χ0v) is 23.2. The van der Waals surface area contributed by atoms with E-state index in [4.69, 9.17) is 14.2 Å². The topological polar surface area (TPSA) is 102 Å². The zero-order valence-electron chi connectivity index (χ0n) is 20.8. The van der Waals surface area contributed by atoms with Crippen LogP contribution in [0.4, 0.5) is 4.39 Å². The molecule has 0 saturated heterocycles. The summed E-state index contributed by atoms with van der Waals surface area (Å²) in [6.45, 7) is 1.57. The van der Waals surface area contributed by atoms with Gasteiger partial charge in [-0.15, -0.1) is 10.2 Å². The Kier molecular flexibility index (Phi) is 8.85. The fraction of sp³-hybridized carbons (Fsp3) is 0.231. The highest BCUT2D eigenvalue weighted by Gasteiger charge is 2.26. The second-order valence-electron chi connectivity index (χ2n) is 8.14. The van der Waals surface area contributed by atoms with Crippen molar-refractivity contribution in [1.82, 2.24) is 14.8 Å². The van der Waals surface area contributed by atoms with Crippen molar-refractivity contribution in [3.05, 3.63) is 98.0 Å². The van der Waals surface area contributed by atoms with Gasteiger partial charge in [-0.25, -0.2) is 4.39 Å². The minimum Gasteiger partial charge on any atom is -0.497 e. The van der Waals surface area contributed by atoms with Gasteiger partial charge in [0.2, 0.25) is 6.54 Å². The molecule has 1 heterocycles. The van der Waals surface area contributed by atoms with Crippen LogP contribution in [0, 0.1) is 22.9 Å². The first-order valence-electron chi connectivity index (χ1n) is 11.4. The fourth-order valence-corrected chi connectivity index (χ4v) is 5.50. The first-order valence-corrected chi connectivity index (χ1v) is 13.1. The van der Waals surface area contributed by atoms with Gasteiger partial charge in [-0.3, -0.25) is 14.7 Å². The smallest absolute Gasteiger partial charge is 0.220 e. The van der Waals surface area contributed by atoms with Gasteiger partial charge in [0.05, 0.1) is 18.7 Å². The van der Waals surface area contributed by atoms with Crippen LogP contribution in [0.15, 0.2) is 70.3 Å². The largest absolute Gasteiger partial charge is 0.497 e. The molecule has 0 saturated carbocycles. The average Bonchev–Trinajstić information content (AvgIpc) is 3.26. The summed E-state index contributed by atoms with van der Waals surface area (Å²) in [6, 6.07) is 16.9. The van der Waals surface area contributed by atoms with Crippen LogP contribution < -0.4 is 14.2 Å². The highest BCUT2D eigenvalue weighted by atomic mass is 79.9. The van der Waals surface area contributed by atoms with Crippen molar-refractivity contribution in [3.63, 3.8) is 0 Å². The molecule has 1 atom stereocenters. The number of aromatic nitrogens is 3. The molecule has 0 N–H and O–H groups in total. The van der Waals surface area contributed by atoms with Gasteiger partial charge in [0.25, 0.3) is 0 Å². The van der Waals surface area contributed by atoms with Crippen LogP contribution in [0.2, 0.25) is 0 Å². The maximum Gasteiger partial charge on any atom is 0.220 e. The Labute approximate surface area is 231 Å². The maximum atomic E-state index is 13.6. The molecule has 12 heteroatoms. The molecule has 4 rings (SSSR count). The summed E-state index contributed by atoms with van der Waals surface area (Å²) in [6.07, 6.45) is 0. The Morgan fingerprint density at radius 3 is 2.53 bits per heavy atom. The van der Waals surface area contributed by atoms with Crippen LogP contribution in [0.3, 0.4) is 0 Å². The third kappa shape index (κ3) is 6.43. The van der Waals surface area contributed by atoms with Crippen molar-refractivity contribution in [2.45, 2.75) is 23.9 Å². The van der Waals surface area contributed by atoms with E-state index in [0.717, 1.165) is 5.69 Å². The lowest BCUT2D eigenvalue weighted by molar-refractivity contribution is -0.479. The van der Waals surface area contributed by atoms with E-state index < -0.39 is 5.25 Å². The number of hydrogen-bond donors (Lipinski definition) is 0. The summed E-state index contributed by atoms with van der Waals surface area (Å²) >= 11 is 4.74. The summed E-state index contributed by atoms with van der Waals surface area (Å²) in [4.78, 5) is 11.3. The maximum absolute atomic E-state index is 13.6. The molecule has 0 radical (unpaired) electrons. The number of rotatable bonds is 11. The van der Waals surface area contributed by atoms with E-state index in [9.17, 15) is 14.5 Å². The van der Waals surface area contributed by atoms with Crippen molar-refractivity contribution in [1.29, 1.82) is 0 Å². The molecule has 0 amide bonds. The Morgan fingerprint density at radius 1 is 1.11 bits per heavy atom. The first-order chi connectivity index (χ1) is 18.3. The monoisotopic (exact) mass is 602 g/mol. The highest BCUT2D eigenvalue weighted by Crippen LogP contribution is 2.43. The molecule has 0 aliphatic rings. The third-order valence-electron chi connectivity index (χ3n) is 5.58. The molecule has 3 aromatic carbocycles. The predicted octanol–water partition coefficient (Wildman–Crippen LogP) is 6.18. The molecular weight excluding hydrogens is 579 g/mol. The Balaban J connectivity index is 1.64. The number of hydrogen-bond acceptors (Lipinski definition) is 8. The molecular formula is C26H24BrFN4O5S. The van der Waals surface area contributed by atoms with E-state index in [1.165, 1.54) is 31.0 Å². The average molecular weight is 603 g/mol. The molecule has 9 nitrogen and oxygen atoms in total. The summed E-state index contributed by atoms with van der Waals surface area (Å²) < 4.78 is 32.6. The summed E-state index contributed by atoms with van der Waals surface area (Å²) in [7, 11) is 3.08. The minimum atomic E-state index is -0.618. The van der Waals surface area contributed by atoms with Gasteiger partial charge >= 0.3 is 0 Å². The van der Waals surface area contributed by atoms with Gasteiger partial charge in [0.1, 0.15) is 29.2 Å². The molecule has 0 aliphatic heterocycles. The lowest BCUT2D eigenvalue weighted by Crippen LogP contribution is -2.12. The Hall–Kier alpha value is -3.64. The third-order valence-corrected chi connectivity index (χ3v) is 7.35. The van der Waals surface area contributed by atoms with E-state index in [1.807, 2.05) is 35.8 Å². The van der Waals surface area contributed by atoms with Gasteiger partial charge in [-0.2, -0.15) is 0 Å². The van der Waals surface area contributed by atoms with Crippen molar-refractivity contribution in [2.75, 3.05) is 20.8 Å². The Bertz CT molecular complexity index is 1430. The van der Waals surface area contributed by atoms with Crippen LogP contribution in [0.1, 0.15) is 22.2 Å². The van der Waals surface area contributed by atoms with Crippen molar-refractivity contribution in [3.8, 4) is 22.9 Å². The van der Waals surface area contributed by atoms with Gasteiger partial charge in [0, 0.05) is 10.6 Å². The summed E-state index contributed by atoms with van der Waals surface area (Å²) in [5.41, 5.74) is 2.09. The van der Waals surface area contributed by atoms with E-state index in [1.54, 1.807) is 31.4 Å². The van der Waals surface area contributed by atoms with Crippen LogP contribution >= 0.6 is 27.7 Å². The van der Waals surface area contributed by atoms with E-state index in [0.29, 0.717) is 43.8 Å². The van der Waals surface area contributed by atoms with Crippen molar-refractivity contribution in [2.24, 2.45) is 0 Å². The zero-order chi connectivity index (χ0) is 27.2. The van der Waals surface area contributed by atoms with Crippen LogP contribution in [0.25, 0.3) is 5.69 Å². The molecule has 4 aromatic rings. The number of ether oxygens (including phenoxy) is 3. The molecule has 198 valence electrons. The number of thioether (sulfide) groups is 1. The van der Waals surface area contributed by atoms with E-state index in [2.05, 4.69) is 26.1 Å².